The summed E-state index contributed by atoms with van der Waals surface area (Å²) in [6.07, 6.45) is 0. The first-order chi connectivity index (χ1) is 31.2. The molecule has 0 spiro atoms. The van der Waals surface area contributed by atoms with Gasteiger partial charge in [0.15, 0.2) is 17.5 Å². The van der Waals surface area contributed by atoms with Gasteiger partial charge >= 0.3 is 0 Å². The molecule has 0 aliphatic rings. The van der Waals surface area contributed by atoms with Gasteiger partial charge in [-0.25, -0.2) is 15.0 Å². The maximum atomic E-state index is 6.57. The second-order valence-corrected chi connectivity index (χ2v) is 16.2. The van der Waals surface area contributed by atoms with Crippen molar-refractivity contribution < 1.29 is 13.3 Å². The predicted octanol–water partition coefficient (Wildman–Crippen LogP) is 15.7. The third kappa shape index (κ3) is 5.09. The van der Waals surface area contributed by atoms with Crippen LogP contribution >= 0.6 is 0 Å². The molecule has 0 radical (unpaired) electrons. The van der Waals surface area contributed by atoms with E-state index in [1.165, 1.54) is 26.9 Å². The van der Waals surface area contributed by atoms with Crippen molar-refractivity contribution in [1.29, 1.82) is 0 Å². The number of hydrogen-bond acceptors (Lipinski definition) is 6. The van der Waals surface area contributed by atoms with Crippen molar-refractivity contribution in [3.8, 4) is 45.3 Å². The lowest BCUT2D eigenvalue weighted by Gasteiger charge is -2.13. The lowest BCUT2D eigenvalue weighted by atomic mass is 9.93. The molecule has 14 rings (SSSR count). The zero-order valence-corrected chi connectivity index (χ0v) is 33.5. The quantitative estimate of drug-likeness (QED) is 0.165. The summed E-state index contributed by atoms with van der Waals surface area (Å²) in [7, 11) is 0. The Labute approximate surface area is 358 Å². The van der Waals surface area contributed by atoms with Crippen LogP contribution in [-0.4, -0.2) is 15.0 Å². The molecular weight excluding hydrogens is 775 g/mol. The highest BCUT2D eigenvalue weighted by molar-refractivity contribution is 6.26. The number of aromatic nitrogens is 3. The van der Waals surface area contributed by atoms with E-state index < -0.39 is 0 Å². The molecule has 6 heteroatoms. The highest BCUT2D eigenvalue weighted by Crippen LogP contribution is 2.42. The third-order valence-electron chi connectivity index (χ3n) is 12.7. The van der Waals surface area contributed by atoms with Gasteiger partial charge in [-0.3, -0.25) is 0 Å². The van der Waals surface area contributed by atoms with Crippen LogP contribution in [0.15, 0.2) is 201 Å². The number of para-hydroxylation sites is 2. The fraction of sp³-hybridized carbons (Fsp3) is 0. The Bertz CT molecular complexity index is 4200. The molecule has 0 bridgehead atoms. The van der Waals surface area contributed by atoms with Gasteiger partial charge in [-0.1, -0.05) is 133 Å². The van der Waals surface area contributed by atoms with Crippen LogP contribution in [0.4, 0.5) is 0 Å². The Morgan fingerprint density at radius 3 is 1.27 bits per heavy atom. The van der Waals surface area contributed by atoms with Gasteiger partial charge < -0.3 is 13.3 Å². The monoisotopic (exact) mass is 805 g/mol. The number of furan rings is 3. The van der Waals surface area contributed by atoms with E-state index >= 15 is 0 Å². The summed E-state index contributed by atoms with van der Waals surface area (Å²) < 4.78 is 19.1. The smallest absolute Gasteiger partial charge is 0.164 e. The standard InChI is InChI=1S/C57H31N3O3/c1-2-13-37-35(11-1)36-12-3-4-14-38(36)44-31-34(23-26-39(37)44)55-58-56(42-17-9-21-51-53(42)41-16-6-8-20-48(41)62-51)60-57(59-55)43-18-10-22-52-54(43)46-30-33(25-28-50(46)63-52)32-24-27-49-45(29-32)40-15-5-7-19-47(40)61-49/h1-31H. The number of hydrogen-bond donors (Lipinski definition) is 0. The Hall–Kier alpha value is -8.61. The van der Waals surface area contributed by atoms with Crippen molar-refractivity contribution in [3.63, 3.8) is 0 Å². The molecule has 0 saturated heterocycles. The summed E-state index contributed by atoms with van der Waals surface area (Å²) >= 11 is 0. The molecule has 292 valence electrons. The van der Waals surface area contributed by atoms with Crippen LogP contribution in [0.2, 0.25) is 0 Å². The van der Waals surface area contributed by atoms with Crippen molar-refractivity contribution >= 4 is 98.1 Å². The zero-order chi connectivity index (χ0) is 41.2. The molecule has 4 aromatic heterocycles. The molecule has 0 aliphatic heterocycles. The minimum absolute atomic E-state index is 0.549. The van der Waals surface area contributed by atoms with Crippen molar-refractivity contribution in [2.75, 3.05) is 0 Å². The molecule has 4 heterocycles. The van der Waals surface area contributed by atoms with E-state index in [0.29, 0.717) is 17.5 Å². The highest BCUT2D eigenvalue weighted by atomic mass is 16.3. The van der Waals surface area contributed by atoms with Gasteiger partial charge in [-0.2, -0.15) is 0 Å². The van der Waals surface area contributed by atoms with Gasteiger partial charge in [0, 0.05) is 49.0 Å². The van der Waals surface area contributed by atoms with E-state index in [1.807, 2.05) is 54.6 Å². The van der Waals surface area contributed by atoms with Crippen LogP contribution in [0.3, 0.4) is 0 Å². The fourth-order valence-electron chi connectivity index (χ4n) is 9.85. The van der Waals surface area contributed by atoms with E-state index in [4.69, 9.17) is 28.2 Å². The lowest BCUT2D eigenvalue weighted by Crippen LogP contribution is -2.01. The van der Waals surface area contributed by atoms with E-state index in [-0.39, 0.29) is 0 Å². The molecule has 0 aliphatic carbocycles. The summed E-state index contributed by atoms with van der Waals surface area (Å²) in [6.45, 7) is 0. The summed E-state index contributed by atoms with van der Waals surface area (Å²) in [5.74, 6) is 1.68. The second-order valence-electron chi connectivity index (χ2n) is 16.2. The maximum absolute atomic E-state index is 6.57. The zero-order valence-electron chi connectivity index (χ0n) is 33.5. The summed E-state index contributed by atoms with van der Waals surface area (Å²) in [5.41, 5.74) is 9.65. The molecule has 0 N–H and O–H groups in total. The topological polar surface area (TPSA) is 78.1 Å². The first-order valence-electron chi connectivity index (χ1n) is 21.1. The average Bonchev–Trinajstić information content (AvgIpc) is 4.05. The number of rotatable bonds is 4. The van der Waals surface area contributed by atoms with E-state index in [2.05, 4.69) is 133 Å². The van der Waals surface area contributed by atoms with E-state index in [9.17, 15) is 0 Å². The van der Waals surface area contributed by atoms with Gasteiger partial charge in [0.25, 0.3) is 0 Å². The van der Waals surface area contributed by atoms with E-state index in [1.54, 1.807) is 0 Å². The molecule has 0 amide bonds. The number of nitrogens with zero attached hydrogens (tertiary/aromatic N) is 3. The number of fused-ring (bicyclic) bond motifs is 15. The minimum Gasteiger partial charge on any atom is -0.456 e. The van der Waals surface area contributed by atoms with Crippen molar-refractivity contribution in [2.24, 2.45) is 0 Å². The first kappa shape index (κ1) is 34.1. The lowest BCUT2D eigenvalue weighted by molar-refractivity contribution is 0.668. The Morgan fingerprint density at radius 1 is 0.238 bits per heavy atom. The van der Waals surface area contributed by atoms with Crippen molar-refractivity contribution in [2.45, 2.75) is 0 Å². The van der Waals surface area contributed by atoms with Gasteiger partial charge in [-0.05, 0) is 98.0 Å². The number of benzene rings is 10. The molecule has 0 atom stereocenters. The van der Waals surface area contributed by atoms with Gasteiger partial charge in [-0.15, -0.1) is 0 Å². The normalized spacial score (nSPS) is 12.1. The molecule has 0 fully saturated rings. The molecule has 14 aromatic rings. The van der Waals surface area contributed by atoms with Crippen LogP contribution in [0.1, 0.15) is 0 Å². The van der Waals surface area contributed by atoms with Crippen LogP contribution in [0.5, 0.6) is 0 Å². The van der Waals surface area contributed by atoms with Crippen LogP contribution in [0.25, 0.3) is 143 Å². The molecule has 10 aromatic carbocycles. The van der Waals surface area contributed by atoms with Crippen LogP contribution < -0.4 is 0 Å². The third-order valence-corrected chi connectivity index (χ3v) is 12.7. The Balaban J connectivity index is 1.02. The second kappa shape index (κ2) is 12.9. The van der Waals surface area contributed by atoms with Crippen LogP contribution in [-0.2, 0) is 0 Å². The largest absolute Gasteiger partial charge is 0.456 e. The summed E-state index contributed by atoms with van der Waals surface area (Å²) in [6, 6.07) is 65.1. The molecular formula is C57H31N3O3. The van der Waals surface area contributed by atoms with Crippen molar-refractivity contribution in [3.05, 3.63) is 188 Å². The highest BCUT2D eigenvalue weighted by Gasteiger charge is 2.22. The van der Waals surface area contributed by atoms with E-state index in [0.717, 1.165) is 99.0 Å². The molecule has 63 heavy (non-hydrogen) atoms. The summed E-state index contributed by atoms with van der Waals surface area (Å²) in [5, 5.41) is 13.2. The van der Waals surface area contributed by atoms with Gasteiger partial charge in [0.05, 0.1) is 0 Å². The average molecular weight is 806 g/mol. The van der Waals surface area contributed by atoms with Crippen molar-refractivity contribution in [1.82, 2.24) is 15.0 Å². The SMILES string of the molecule is c1ccc2c(c1)oc1ccc(-c3ccc4oc5cccc(-c6nc(-c7ccc8c9ccccc9c9ccccc9c8c7)nc(-c7cccc8oc9ccccc9c78)n6)c5c4c3)cc12. The van der Waals surface area contributed by atoms with Crippen LogP contribution in [0, 0.1) is 0 Å². The summed E-state index contributed by atoms with van der Waals surface area (Å²) in [4.78, 5) is 16.0. The van der Waals surface area contributed by atoms with Gasteiger partial charge in [0.2, 0.25) is 0 Å². The maximum Gasteiger partial charge on any atom is 0.164 e. The van der Waals surface area contributed by atoms with Gasteiger partial charge in [0.1, 0.15) is 33.5 Å². The first-order valence-corrected chi connectivity index (χ1v) is 21.1. The fourth-order valence-corrected chi connectivity index (χ4v) is 9.85. The molecule has 6 nitrogen and oxygen atoms in total. The Morgan fingerprint density at radius 2 is 0.635 bits per heavy atom. The Kier molecular flexibility index (Phi) is 7.02. The minimum atomic E-state index is 0.549. The molecule has 0 saturated carbocycles. The predicted molar refractivity (Wildman–Crippen MR) is 256 cm³/mol. The molecule has 0 unspecified atom stereocenters.